The standard InChI is InChI=1S/C18H26N6O2/c1-4-26-14-9-8-13(11-15(14)25-3)21-18(19-2)20-12-17-23-22-16-7-5-6-10-24(16)17/h8-9,11H,4-7,10,12H2,1-3H3,(H2,19,20,21). The summed E-state index contributed by atoms with van der Waals surface area (Å²) in [6.07, 6.45) is 3.37. The van der Waals surface area contributed by atoms with Gasteiger partial charge in [-0.05, 0) is 31.9 Å². The Morgan fingerprint density at radius 1 is 1.27 bits per heavy atom. The number of aromatic nitrogens is 3. The van der Waals surface area contributed by atoms with Crippen LogP contribution in [0.1, 0.15) is 31.4 Å². The van der Waals surface area contributed by atoms with Crippen LogP contribution in [-0.4, -0.2) is 41.5 Å². The average molecular weight is 358 g/mol. The molecule has 0 saturated heterocycles. The predicted molar refractivity (Wildman–Crippen MR) is 101 cm³/mol. The van der Waals surface area contributed by atoms with Gasteiger partial charge in [0.1, 0.15) is 5.82 Å². The lowest BCUT2D eigenvalue weighted by Gasteiger charge is -2.16. The van der Waals surface area contributed by atoms with E-state index < -0.39 is 0 Å². The minimum Gasteiger partial charge on any atom is -0.493 e. The first-order valence-corrected chi connectivity index (χ1v) is 8.94. The Hall–Kier alpha value is -2.77. The summed E-state index contributed by atoms with van der Waals surface area (Å²) in [5, 5.41) is 15.1. The largest absolute Gasteiger partial charge is 0.493 e. The van der Waals surface area contributed by atoms with E-state index in [2.05, 4.69) is 30.4 Å². The molecule has 2 heterocycles. The van der Waals surface area contributed by atoms with Crippen LogP contribution in [0.25, 0.3) is 0 Å². The number of hydrogen-bond acceptors (Lipinski definition) is 5. The van der Waals surface area contributed by atoms with Gasteiger partial charge in [-0.1, -0.05) is 0 Å². The van der Waals surface area contributed by atoms with Crippen molar-refractivity contribution in [2.75, 3.05) is 26.1 Å². The van der Waals surface area contributed by atoms with E-state index in [9.17, 15) is 0 Å². The van der Waals surface area contributed by atoms with Crippen LogP contribution in [0.3, 0.4) is 0 Å². The summed E-state index contributed by atoms with van der Waals surface area (Å²) in [5.41, 5.74) is 0.863. The van der Waals surface area contributed by atoms with E-state index in [1.54, 1.807) is 14.2 Å². The molecule has 140 valence electrons. The van der Waals surface area contributed by atoms with Gasteiger partial charge in [0.15, 0.2) is 23.3 Å². The highest BCUT2D eigenvalue weighted by atomic mass is 16.5. The van der Waals surface area contributed by atoms with E-state index >= 15 is 0 Å². The van der Waals surface area contributed by atoms with Crippen LogP contribution < -0.4 is 20.1 Å². The maximum absolute atomic E-state index is 5.55. The minimum absolute atomic E-state index is 0.570. The van der Waals surface area contributed by atoms with Crippen LogP contribution >= 0.6 is 0 Å². The zero-order valence-corrected chi connectivity index (χ0v) is 15.6. The first-order valence-electron chi connectivity index (χ1n) is 8.94. The molecule has 1 aliphatic rings. The lowest BCUT2D eigenvalue weighted by atomic mass is 10.2. The molecule has 3 rings (SSSR count). The van der Waals surface area contributed by atoms with E-state index in [1.165, 1.54) is 12.8 Å². The number of benzene rings is 1. The van der Waals surface area contributed by atoms with Crippen molar-refractivity contribution >= 4 is 11.6 Å². The number of aryl methyl sites for hydroxylation is 1. The zero-order chi connectivity index (χ0) is 18.4. The Kier molecular flexibility index (Phi) is 5.93. The Morgan fingerprint density at radius 2 is 2.15 bits per heavy atom. The Morgan fingerprint density at radius 3 is 2.92 bits per heavy atom. The number of nitrogens with zero attached hydrogens (tertiary/aromatic N) is 4. The summed E-state index contributed by atoms with van der Waals surface area (Å²) in [4.78, 5) is 4.27. The number of aliphatic imine (C=N–C) groups is 1. The second-order valence-electron chi connectivity index (χ2n) is 5.99. The lowest BCUT2D eigenvalue weighted by molar-refractivity contribution is 0.311. The van der Waals surface area contributed by atoms with Gasteiger partial charge in [0.2, 0.25) is 0 Å². The van der Waals surface area contributed by atoms with Gasteiger partial charge in [-0.2, -0.15) is 0 Å². The third-order valence-corrected chi connectivity index (χ3v) is 4.30. The highest BCUT2D eigenvalue weighted by Crippen LogP contribution is 2.30. The van der Waals surface area contributed by atoms with E-state index in [4.69, 9.17) is 9.47 Å². The smallest absolute Gasteiger partial charge is 0.195 e. The van der Waals surface area contributed by atoms with Crippen LogP contribution in [0, 0.1) is 0 Å². The summed E-state index contributed by atoms with van der Waals surface area (Å²) in [6, 6.07) is 5.70. The number of guanidine groups is 1. The number of fused-ring (bicyclic) bond motifs is 1. The molecule has 8 heteroatoms. The lowest BCUT2D eigenvalue weighted by Crippen LogP contribution is -2.31. The molecule has 1 aromatic carbocycles. The highest BCUT2D eigenvalue weighted by Gasteiger charge is 2.15. The summed E-state index contributed by atoms with van der Waals surface area (Å²) >= 11 is 0. The maximum Gasteiger partial charge on any atom is 0.195 e. The first-order chi connectivity index (χ1) is 12.7. The molecule has 0 spiro atoms. The Bertz CT molecular complexity index is 771. The van der Waals surface area contributed by atoms with Gasteiger partial charge in [-0.3, -0.25) is 4.99 Å². The fourth-order valence-corrected chi connectivity index (χ4v) is 3.00. The van der Waals surface area contributed by atoms with Crippen molar-refractivity contribution in [2.45, 2.75) is 39.3 Å². The van der Waals surface area contributed by atoms with Crippen LogP contribution in [0.2, 0.25) is 0 Å². The fourth-order valence-electron chi connectivity index (χ4n) is 3.00. The van der Waals surface area contributed by atoms with E-state index in [0.29, 0.717) is 24.9 Å². The number of nitrogens with one attached hydrogen (secondary N) is 2. The van der Waals surface area contributed by atoms with Gasteiger partial charge in [0, 0.05) is 31.8 Å². The molecule has 0 radical (unpaired) electrons. The monoisotopic (exact) mass is 358 g/mol. The highest BCUT2D eigenvalue weighted by molar-refractivity contribution is 5.93. The van der Waals surface area contributed by atoms with Gasteiger partial charge in [0.25, 0.3) is 0 Å². The zero-order valence-electron chi connectivity index (χ0n) is 15.6. The van der Waals surface area contributed by atoms with E-state index in [0.717, 1.165) is 36.1 Å². The molecule has 0 aliphatic carbocycles. The molecule has 0 fully saturated rings. The normalized spacial score (nSPS) is 13.9. The molecule has 0 saturated carbocycles. The van der Waals surface area contributed by atoms with Crippen molar-refractivity contribution in [1.82, 2.24) is 20.1 Å². The number of hydrogen-bond donors (Lipinski definition) is 2. The first kappa shape index (κ1) is 18.0. The van der Waals surface area contributed by atoms with Crippen molar-refractivity contribution in [2.24, 2.45) is 4.99 Å². The SMILES string of the molecule is CCOc1ccc(NC(=NC)NCc2nnc3n2CCCC3)cc1OC. The number of ether oxygens (including phenoxy) is 2. The molecule has 2 aromatic rings. The van der Waals surface area contributed by atoms with Crippen LogP contribution in [0.5, 0.6) is 11.5 Å². The fraction of sp³-hybridized carbons (Fsp3) is 0.500. The Balaban J connectivity index is 1.64. The summed E-state index contributed by atoms with van der Waals surface area (Å²) in [5.74, 6) is 4.07. The topological polar surface area (TPSA) is 85.6 Å². The molecular formula is C18H26N6O2. The van der Waals surface area contributed by atoms with Crippen molar-refractivity contribution in [3.63, 3.8) is 0 Å². The molecule has 26 heavy (non-hydrogen) atoms. The molecule has 2 N–H and O–H groups in total. The van der Waals surface area contributed by atoms with Crippen molar-refractivity contribution < 1.29 is 9.47 Å². The molecular weight excluding hydrogens is 332 g/mol. The van der Waals surface area contributed by atoms with Gasteiger partial charge in [-0.25, -0.2) is 0 Å². The quantitative estimate of drug-likeness (QED) is 0.608. The molecule has 1 aromatic heterocycles. The number of rotatable bonds is 6. The molecule has 0 atom stereocenters. The molecule has 0 bridgehead atoms. The van der Waals surface area contributed by atoms with Gasteiger partial charge >= 0.3 is 0 Å². The number of methoxy groups -OCH3 is 1. The second-order valence-corrected chi connectivity index (χ2v) is 5.99. The van der Waals surface area contributed by atoms with Gasteiger partial charge in [-0.15, -0.1) is 10.2 Å². The molecule has 0 unspecified atom stereocenters. The predicted octanol–water partition coefficient (Wildman–Crippen LogP) is 2.21. The van der Waals surface area contributed by atoms with Crippen molar-refractivity contribution in [3.8, 4) is 11.5 Å². The summed E-state index contributed by atoms with van der Waals surface area (Å²) in [6.45, 7) is 4.10. The third kappa shape index (κ3) is 4.07. The van der Waals surface area contributed by atoms with Crippen molar-refractivity contribution in [1.29, 1.82) is 0 Å². The minimum atomic E-state index is 0.570. The van der Waals surface area contributed by atoms with Crippen LogP contribution in [0.15, 0.2) is 23.2 Å². The third-order valence-electron chi connectivity index (χ3n) is 4.30. The summed E-state index contributed by atoms with van der Waals surface area (Å²) in [7, 11) is 3.36. The van der Waals surface area contributed by atoms with Gasteiger partial charge < -0.3 is 24.7 Å². The van der Waals surface area contributed by atoms with E-state index in [1.807, 2.05) is 25.1 Å². The second kappa shape index (κ2) is 8.55. The van der Waals surface area contributed by atoms with Crippen LogP contribution in [-0.2, 0) is 19.5 Å². The Labute approximate surface area is 153 Å². The van der Waals surface area contributed by atoms with Crippen molar-refractivity contribution in [3.05, 3.63) is 29.8 Å². The average Bonchev–Trinajstić information content (AvgIpc) is 3.09. The summed E-state index contributed by atoms with van der Waals surface area (Å²) < 4.78 is 13.1. The van der Waals surface area contributed by atoms with Crippen LogP contribution in [0.4, 0.5) is 5.69 Å². The van der Waals surface area contributed by atoms with Gasteiger partial charge in [0.05, 0.1) is 20.3 Å². The molecule has 8 nitrogen and oxygen atoms in total. The molecule has 1 aliphatic heterocycles. The maximum atomic E-state index is 5.55. The van der Waals surface area contributed by atoms with E-state index in [-0.39, 0.29) is 0 Å². The molecule has 0 amide bonds. The number of anilines is 1.